The van der Waals surface area contributed by atoms with Gasteiger partial charge in [-0.05, 0) is 32.8 Å². The van der Waals surface area contributed by atoms with Crippen LogP contribution in [0.3, 0.4) is 0 Å². The molecular weight excluding hydrogens is 567 g/mol. The molecule has 1 aliphatic carbocycles. The number of piperazine rings is 1. The number of alkyl halides is 5. The molecular formula is C22H23F5N8O2S2. The molecule has 1 saturated heterocycles. The van der Waals surface area contributed by atoms with Crippen LogP contribution < -0.4 is 9.62 Å². The fourth-order valence-electron chi connectivity index (χ4n) is 4.66. The number of hydrogen-bond acceptors (Lipinski definition) is 9. The zero-order valence-electron chi connectivity index (χ0n) is 20.7. The monoisotopic (exact) mass is 590 g/mol. The molecule has 1 aliphatic heterocycles. The Hall–Kier alpha value is -2.94. The summed E-state index contributed by atoms with van der Waals surface area (Å²) in [5, 5.41) is 16.2. The van der Waals surface area contributed by atoms with Crippen molar-refractivity contribution in [1.29, 1.82) is 5.26 Å². The Morgan fingerprint density at radius 1 is 1.26 bits per heavy atom. The molecule has 4 heterocycles. The van der Waals surface area contributed by atoms with Crippen molar-refractivity contribution in [3.8, 4) is 16.9 Å². The van der Waals surface area contributed by atoms with Gasteiger partial charge in [-0.1, -0.05) is 11.3 Å². The van der Waals surface area contributed by atoms with Gasteiger partial charge in [0.15, 0.2) is 15.8 Å². The number of rotatable bonds is 7. The molecule has 5 rings (SSSR count). The van der Waals surface area contributed by atoms with Crippen LogP contribution in [0.1, 0.15) is 38.1 Å². The number of pyridine rings is 1. The van der Waals surface area contributed by atoms with Crippen LogP contribution in [-0.2, 0) is 10.0 Å². The Labute approximate surface area is 224 Å². The summed E-state index contributed by atoms with van der Waals surface area (Å²) in [6.45, 7) is 3.14. The molecule has 2 fully saturated rings. The van der Waals surface area contributed by atoms with E-state index in [1.54, 1.807) is 11.8 Å². The van der Waals surface area contributed by atoms with Crippen LogP contribution in [0.2, 0.25) is 0 Å². The number of imidazole rings is 1. The number of fused-ring (bicyclic) bond motifs is 1. The van der Waals surface area contributed by atoms with Gasteiger partial charge in [-0.2, -0.15) is 23.2 Å². The maximum Gasteiger partial charge on any atom is 0.403 e. The number of hydrogen-bond donors (Lipinski definition) is 1. The number of nitrogens with zero attached hydrogens (tertiary/aromatic N) is 7. The number of halogens is 5. The first-order valence-corrected chi connectivity index (χ1v) is 14.2. The van der Waals surface area contributed by atoms with E-state index in [2.05, 4.69) is 19.9 Å². The number of sulfonamides is 1. The lowest BCUT2D eigenvalue weighted by atomic mass is 10.1. The van der Waals surface area contributed by atoms with Gasteiger partial charge in [0.2, 0.25) is 10.0 Å². The molecule has 39 heavy (non-hydrogen) atoms. The van der Waals surface area contributed by atoms with Crippen molar-refractivity contribution in [2.45, 2.75) is 61.8 Å². The Balaban J connectivity index is 1.58. The lowest BCUT2D eigenvalue weighted by Crippen LogP contribution is -2.58. The summed E-state index contributed by atoms with van der Waals surface area (Å²) in [6.07, 6.45) is -3.87. The fraction of sp³-hybridized carbons (Fsp3) is 0.545. The van der Waals surface area contributed by atoms with E-state index in [-0.39, 0.29) is 35.4 Å². The first-order valence-electron chi connectivity index (χ1n) is 11.9. The minimum Gasteiger partial charge on any atom is -0.367 e. The van der Waals surface area contributed by atoms with Crippen molar-refractivity contribution < 1.29 is 30.4 Å². The summed E-state index contributed by atoms with van der Waals surface area (Å²) in [6, 6.07) is 1.17. The van der Waals surface area contributed by atoms with Gasteiger partial charge in [0.05, 0.1) is 23.5 Å². The largest absolute Gasteiger partial charge is 0.403 e. The van der Waals surface area contributed by atoms with Gasteiger partial charge in [0.1, 0.15) is 16.5 Å². The molecule has 1 N–H and O–H groups in total. The summed E-state index contributed by atoms with van der Waals surface area (Å²) in [4.78, 5) is 7.18. The maximum absolute atomic E-state index is 13.4. The van der Waals surface area contributed by atoms with Crippen LogP contribution in [0.25, 0.3) is 16.3 Å². The third-order valence-corrected chi connectivity index (χ3v) is 9.44. The highest BCUT2D eigenvalue weighted by Gasteiger charge is 2.47. The van der Waals surface area contributed by atoms with Crippen molar-refractivity contribution in [2.24, 2.45) is 0 Å². The second-order valence-electron chi connectivity index (χ2n) is 9.69. The number of anilines is 1. The van der Waals surface area contributed by atoms with Gasteiger partial charge in [-0.25, -0.2) is 22.2 Å². The quantitative estimate of drug-likeness (QED) is 0.415. The standard InChI is InChI=1S/C22H23F5N8O2S2/c1-12-9-33(5-6-34(12)13(2)22(25,26)27)15-7-14(39(36,37)32-21(11-28)3-4-21)10-35-16(15)8-29-18(35)20-31-30-19(38-20)17(23)24/h7-8,10,12-13,17,32H,3-6,9H2,1-2H3/t12-,13?/m1/s1. The Morgan fingerprint density at radius 3 is 2.54 bits per heavy atom. The second kappa shape index (κ2) is 9.61. The van der Waals surface area contributed by atoms with E-state index in [9.17, 15) is 35.6 Å². The zero-order valence-corrected chi connectivity index (χ0v) is 22.3. The van der Waals surface area contributed by atoms with Crippen LogP contribution in [0.4, 0.5) is 27.6 Å². The molecule has 0 bridgehead atoms. The number of aromatic nitrogens is 4. The third-order valence-electron chi connectivity index (χ3n) is 7.01. The molecule has 10 nitrogen and oxygen atoms in total. The van der Waals surface area contributed by atoms with E-state index in [4.69, 9.17) is 0 Å². The van der Waals surface area contributed by atoms with Gasteiger partial charge in [0.25, 0.3) is 6.43 Å². The Kier molecular flexibility index (Phi) is 6.81. The first kappa shape index (κ1) is 27.6. The molecule has 0 spiro atoms. The van der Waals surface area contributed by atoms with Crippen LogP contribution >= 0.6 is 11.3 Å². The molecule has 0 radical (unpaired) electrons. The predicted octanol–water partition coefficient (Wildman–Crippen LogP) is 3.59. The predicted molar refractivity (Wildman–Crippen MR) is 131 cm³/mol. The minimum atomic E-state index is -4.40. The topological polar surface area (TPSA) is 120 Å². The van der Waals surface area contributed by atoms with Gasteiger partial charge >= 0.3 is 6.18 Å². The average molecular weight is 591 g/mol. The molecule has 2 atom stereocenters. The van der Waals surface area contributed by atoms with Crippen molar-refractivity contribution in [2.75, 3.05) is 24.5 Å². The summed E-state index contributed by atoms with van der Waals surface area (Å²) in [7, 11) is -4.22. The SMILES string of the molecule is CC(N1CCN(c2cc(S(=O)(=O)NC3(C#N)CC3)cn3c(-c4nnc(C(F)F)s4)ncc23)C[C@H]1C)C(F)(F)F. The van der Waals surface area contributed by atoms with Crippen molar-refractivity contribution >= 4 is 32.6 Å². The molecule has 210 valence electrons. The van der Waals surface area contributed by atoms with Gasteiger partial charge in [-0.3, -0.25) is 9.30 Å². The van der Waals surface area contributed by atoms with Crippen LogP contribution in [0.15, 0.2) is 23.4 Å². The lowest BCUT2D eigenvalue weighted by Gasteiger charge is -2.44. The molecule has 1 saturated carbocycles. The van der Waals surface area contributed by atoms with E-state index in [1.807, 2.05) is 6.07 Å². The Bertz CT molecular complexity index is 1540. The smallest absolute Gasteiger partial charge is 0.367 e. The fourth-order valence-corrected chi connectivity index (χ4v) is 6.74. The highest BCUT2D eigenvalue weighted by atomic mass is 32.2. The molecule has 2 aliphatic rings. The van der Waals surface area contributed by atoms with Crippen molar-refractivity contribution in [3.63, 3.8) is 0 Å². The first-order chi connectivity index (χ1) is 18.2. The van der Waals surface area contributed by atoms with Crippen molar-refractivity contribution in [3.05, 3.63) is 23.5 Å². The molecule has 17 heteroatoms. The highest BCUT2D eigenvalue weighted by molar-refractivity contribution is 7.89. The third kappa shape index (κ3) is 5.17. The van der Waals surface area contributed by atoms with E-state index >= 15 is 0 Å². The van der Waals surface area contributed by atoms with E-state index in [0.717, 1.165) is 6.92 Å². The summed E-state index contributed by atoms with van der Waals surface area (Å²) in [5.74, 6) is 0.0755. The number of nitrogens with one attached hydrogen (secondary N) is 1. The maximum atomic E-state index is 13.4. The lowest BCUT2D eigenvalue weighted by molar-refractivity contribution is -0.184. The van der Waals surface area contributed by atoms with Gasteiger partial charge < -0.3 is 4.90 Å². The minimum absolute atomic E-state index is 0.0339. The molecule has 3 aromatic rings. The van der Waals surface area contributed by atoms with Gasteiger partial charge in [0, 0.05) is 31.9 Å². The Morgan fingerprint density at radius 2 is 1.97 bits per heavy atom. The molecule has 3 aromatic heterocycles. The van der Waals surface area contributed by atoms with E-state index in [1.165, 1.54) is 27.8 Å². The summed E-state index contributed by atoms with van der Waals surface area (Å²) >= 11 is 0.608. The van der Waals surface area contributed by atoms with E-state index < -0.39 is 45.3 Å². The second-order valence-corrected chi connectivity index (χ2v) is 12.4. The van der Waals surface area contributed by atoms with Crippen LogP contribution in [0, 0.1) is 11.3 Å². The zero-order chi connectivity index (χ0) is 28.3. The highest BCUT2D eigenvalue weighted by Crippen LogP contribution is 2.38. The van der Waals surface area contributed by atoms with Crippen LogP contribution in [-0.4, -0.2) is 76.3 Å². The summed E-state index contributed by atoms with van der Waals surface area (Å²) < 4.78 is 96.9. The van der Waals surface area contributed by atoms with Crippen molar-refractivity contribution in [1.82, 2.24) is 29.2 Å². The van der Waals surface area contributed by atoms with Gasteiger partial charge in [-0.15, -0.1) is 10.2 Å². The van der Waals surface area contributed by atoms with Crippen LogP contribution in [0.5, 0.6) is 0 Å². The average Bonchev–Trinajstić information content (AvgIpc) is 3.26. The molecule has 1 unspecified atom stereocenters. The normalized spacial score (nSPS) is 20.9. The number of nitriles is 1. The molecule has 0 amide bonds. The summed E-state index contributed by atoms with van der Waals surface area (Å²) in [5.41, 5.74) is -0.419. The van der Waals surface area contributed by atoms with E-state index in [0.29, 0.717) is 35.4 Å². The molecule has 0 aromatic carbocycles.